The molecule has 1 aromatic carbocycles. The van der Waals surface area contributed by atoms with Crippen molar-refractivity contribution in [1.29, 1.82) is 0 Å². The van der Waals surface area contributed by atoms with Gasteiger partial charge >= 0.3 is 5.97 Å². The lowest BCUT2D eigenvalue weighted by atomic mass is 10.1. The molecule has 0 unspecified atom stereocenters. The maximum absolute atomic E-state index is 11.0. The molecule has 2 aromatic rings. The summed E-state index contributed by atoms with van der Waals surface area (Å²) in [7, 11) is 0. The van der Waals surface area contributed by atoms with Gasteiger partial charge in [0, 0.05) is 13.2 Å². The Morgan fingerprint density at radius 1 is 1.42 bits per heavy atom. The van der Waals surface area contributed by atoms with Crippen molar-refractivity contribution in [1.82, 2.24) is 15.0 Å². The zero-order valence-corrected chi connectivity index (χ0v) is 10.8. The van der Waals surface area contributed by atoms with Crippen molar-refractivity contribution in [2.24, 2.45) is 0 Å². The van der Waals surface area contributed by atoms with Gasteiger partial charge in [-0.3, -0.25) is 0 Å². The summed E-state index contributed by atoms with van der Waals surface area (Å²) in [5.41, 5.74) is 1.36. The summed E-state index contributed by atoms with van der Waals surface area (Å²) in [4.78, 5) is 11.0. The second-order valence-corrected chi connectivity index (χ2v) is 4.91. The largest absolute Gasteiger partial charge is 0.478 e. The number of hydrogen-bond acceptors (Lipinski definition) is 4. The molecule has 1 aliphatic heterocycles. The summed E-state index contributed by atoms with van der Waals surface area (Å²) in [5, 5.41) is 17.4. The maximum Gasteiger partial charge on any atom is 0.337 e. The molecule has 0 aliphatic carbocycles. The zero-order chi connectivity index (χ0) is 13.4. The number of carbonyl (C=O) groups is 1. The number of halogens is 1. The van der Waals surface area contributed by atoms with Crippen LogP contribution in [0.3, 0.4) is 0 Å². The van der Waals surface area contributed by atoms with Gasteiger partial charge in [0.25, 0.3) is 0 Å². The normalized spacial score (nSPS) is 16.9. The van der Waals surface area contributed by atoms with Crippen LogP contribution in [0.4, 0.5) is 0 Å². The summed E-state index contributed by atoms with van der Waals surface area (Å²) in [6.07, 6.45) is 1.74. The average Bonchev–Trinajstić information content (AvgIpc) is 2.81. The quantitative estimate of drug-likeness (QED) is 0.912. The number of ether oxygens (including phenoxy) is 1. The van der Waals surface area contributed by atoms with E-state index in [1.165, 1.54) is 6.07 Å². The number of nitrogens with zero attached hydrogens (tertiary/aromatic N) is 3. The number of aromatic carboxylic acids is 1. The van der Waals surface area contributed by atoms with Crippen molar-refractivity contribution in [3.63, 3.8) is 0 Å². The molecule has 1 N–H and O–H groups in total. The number of hydrogen-bond donors (Lipinski definition) is 1. The van der Waals surface area contributed by atoms with Crippen LogP contribution in [0.1, 0.15) is 29.2 Å². The third-order valence-electron chi connectivity index (χ3n) is 3.33. The van der Waals surface area contributed by atoms with Crippen molar-refractivity contribution >= 4 is 28.6 Å². The van der Waals surface area contributed by atoms with E-state index in [2.05, 4.69) is 10.3 Å². The molecule has 3 rings (SSSR count). The Hall–Kier alpha value is -1.66. The predicted molar refractivity (Wildman–Crippen MR) is 68.6 cm³/mol. The van der Waals surface area contributed by atoms with Gasteiger partial charge in [-0.2, -0.15) is 0 Å². The minimum Gasteiger partial charge on any atom is -0.478 e. The molecule has 0 saturated carbocycles. The SMILES string of the molecule is O=C(O)c1cc2nnn(C3CCOCC3)c2cc1Cl. The predicted octanol–water partition coefficient (Wildman–Crippen LogP) is 2.13. The molecule has 100 valence electrons. The number of fused-ring (bicyclic) bond motifs is 1. The lowest BCUT2D eigenvalue weighted by Gasteiger charge is -2.22. The number of carboxylic acids is 1. The van der Waals surface area contributed by atoms with E-state index >= 15 is 0 Å². The number of carboxylic acid groups (broad SMARTS) is 1. The highest BCUT2D eigenvalue weighted by molar-refractivity contribution is 6.34. The summed E-state index contributed by atoms with van der Waals surface area (Å²) >= 11 is 5.99. The van der Waals surface area contributed by atoms with Crippen molar-refractivity contribution in [3.05, 3.63) is 22.7 Å². The van der Waals surface area contributed by atoms with E-state index in [9.17, 15) is 4.79 Å². The third kappa shape index (κ3) is 2.17. The van der Waals surface area contributed by atoms with E-state index in [1.807, 2.05) is 4.68 Å². The van der Waals surface area contributed by atoms with Gasteiger partial charge in [-0.05, 0) is 25.0 Å². The first-order valence-corrected chi connectivity index (χ1v) is 6.40. The first-order valence-electron chi connectivity index (χ1n) is 6.02. The van der Waals surface area contributed by atoms with Gasteiger partial charge in [-0.1, -0.05) is 16.8 Å². The van der Waals surface area contributed by atoms with Gasteiger partial charge in [0.15, 0.2) is 0 Å². The molecular weight excluding hydrogens is 270 g/mol. The highest BCUT2D eigenvalue weighted by atomic mass is 35.5. The molecule has 1 saturated heterocycles. The number of rotatable bonds is 2. The molecule has 7 heteroatoms. The Morgan fingerprint density at radius 3 is 2.84 bits per heavy atom. The molecule has 0 atom stereocenters. The third-order valence-corrected chi connectivity index (χ3v) is 3.64. The van der Waals surface area contributed by atoms with Crippen LogP contribution in [-0.4, -0.2) is 39.3 Å². The van der Waals surface area contributed by atoms with Crippen molar-refractivity contribution < 1.29 is 14.6 Å². The van der Waals surface area contributed by atoms with Crippen LogP contribution < -0.4 is 0 Å². The Balaban J connectivity index is 2.07. The average molecular weight is 282 g/mol. The first kappa shape index (κ1) is 12.4. The van der Waals surface area contributed by atoms with Crippen LogP contribution in [0.5, 0.6) is 0 Å². The van der Waals surface area contributed by atoms with Crippen LogP contribution in [0.25, 0.3) is 11.0 Å². The molecular formula is C12H12ClN3O3. The van der Waals surface area contributed by atoms with Gasteiger partial charge in [0.05, 0.1) is 22.1 Å². The Morgan fingerprint density at radius 2 is 2.16 bits per heavy atom. The first-order chi connectivity index (χ1) is 9.16. The molecule has 0 amide bonds. The Kier molecular flexibility index (Phi) is 3.12. The molecule has 6 nitrogen and oxygen atoms in total. The van der Waals surface area contributed by atoms with E-state index in [0.717, 1.165) is 18.4 Å². The van der Waals surface area contributed by atoms with Crippen LogP contribution in [-0.2, 0) is 4.74 Å². The molecule has 0 bridgehead atoms. The minimum atomic E-state index is -1.06. The van der Waals surface area contributed by atoms with E-state index in [0.29, 0.717) is 18.7 Å². The lowest BCUT2D eigenvalue weighted by molar-refractivity contribution is 0.0669. The fourth-order valence-corrected chi connectivity index (χ4v) is 2.56. The van der Waals surface area contributed by atoms with Crippen molar-refractivity contribution in [2.45, 2.75) is 18.9 Å². The van der Waals surface area contributed by atoms with Gasteiger partial charge in [-0.15, -0.1) is 5.10 Å². The smallest absolute Gasteiger partial charge is 0.337 e. The second kappa shape index (κ2) is 4.79. The van der Waals surface area contributed by atoms with E-state index in [-0.39, 0.29) is 16.6 Å². The van der Waals surface area contributed by atoms with Gasteiger partial charge in [0.2, 0.25) is 0 Å². The van der Waals surface area contributed by atoms with Crippen LogP contribution in [0, 0.1) is 0 Å². The van der Waals surface area contributed by atoms with E-state index in [1.54, 1.807) is 6.07 Å². The molecule has 0 spiro atoms. The Labute approximate surface area is 113 Å². The molecule has 2 heterocycles. The van der Waals surface area contributed by atoms with E-state index < -0.39 is 5.97 Å². The van der Waals surface area contributed by atoms with Crippen LogP contribution in [0.15, 0.2) is 12.1 Å². The summed E-state index contributed by atoms with van der Waals surface area (Å²) < 4.78 is 7.13. The lowest BCUT2D eigenvalue weighted by Crippen LogP contribution is -2.20. The highest BCUT2D eigenvalue weighted by Crippen LogP contribution is 2.27. The number of aromatic nitrogens is 3. The Bertz CT molecular complexity index is 634. The van der Waals surface area contributed by atoms with Gasteiger partial charge in [0.1, 0.15) is 5.52 Å². The minimum absolute atomic E-state index is 0.0493. The van der Waals surface area contributed by atoms with Gasteiger partial charge < -0.3 is 9.84 Å². The molecule has 1 aromatic heterocycles. The molecule has 19 heavy (non-hydrogen) atoms. The molecule has 0 radical (unpaired) electrons. The van der Waals surface area contributed by atoms with E-state index in [4.69, 9.17) is 21.4 Å². The highest BCUT2D eigenvalue weighted by Gasteiger charge is 2.21. The summed E-state index contributed by atoms with van der Waals surface area (Å²) in [5.74, 6) is -1.06. The fourth-order valence-electron chi connectivity index (χ4n) is 2.32. The fraction of sp³-hybridized carbons (Fsp3) is 0.417. The van der Waals surface area contributed by atoms with Crippen molar-refractivity contribution in [2.75, 3.05) is 13.2 Å². The molecule has 1 fully saturated rings. The molecule has 1 aliphatic rings. The second-order valence-electron chi connectivity index (χ2n) is 4.50. The topological polar surface area (TPSA) is 77.2 Å². The van der Waals surface area contributed by atoms with Crippen LogP contribution >= 0.6 is 11.6 Å². The zero-order valence-electron chi connectivity index (χ0n) is 10.0. The maximum atomic E-state index is 11.0. The number of benzene rings is 1. The van der Waals surface area contributed by atoms with Crippen molar-refractivity contribution in [3.8, 4) is 0 Å². The summed E-state index contributed by atoms with van der Waals surface area (Å²) in [6.45, 7) is 1.40. The van der Waals surface area contributed by atoms with Gasteiger partial charge in [-0.25, -0.2) is 9.48 Å². The van der Waals surface area contributed by atoms with Crippen LogP contribution in [0.2, 0.25) is 5.02 Å². The monoisotopic (exact) mass is 281 g/mol. The standard InChI is InChI=1S/C12H12ClN3O3/c13-9-6-11-10(5-8(9)12(17)18)14-15-16(11)7-1-3-19-4-2-7/h5-7H,1-4H2,(H,17,18). The summed E-state index contributed by atoms with van der Waals surface area (Å²) in [6, 6.07) is 3.31.